The second-order valence-corrected chi connectivity index (χ2v) is 1.78. The van der Waals surface area contributed by atoms with E-state index >= 15 is 0 Å². The van der Waals surface area contributed by atoms with E-state index < -0.39 is 0 Å². The number of aromatic nitrogens is 2. The Kier molecular flexibility index (Phi) is 1.47. The Hall–Kier alpha value is -0.297. The molecule has 37 valence electrons. The van der Waals surface area contributed by atoms with Crippen LogP contribution < -0.4 is 4.42 Å². The van der Waals surface area contributed by atoms with Gasteiger partial charge in [-0.1, -0.05) is 0 Å². The summed E-state index contributed by atoms with van der Waals surface area (Å²) in [4.78, 5) is 7.67. The standard InChI is InChI=1S/C4H3N2.Ru/c1-2-5-4-6-3-1;/h1-3H;. The zero-order valence-corrected chi connectivity index (χ0v) is 5.22. The van der Waals surface area contributed by atoms with Gasteiger partial charge < -0.3 is 0 Å². The van der Waals surface area contributed by atoms with Crippen molar-refractivity contribution in [3.63, 3.8) is 0 Å². The fraction of sp³-hybridized carbons (Fsp3) is 0. The second-order valence-electron chi connectivity index (χ2n) is 1.01. The third kappa shape index (κ3) is 1.32. The van der Waals surface area contributed by atoms with Crippen molar-refractivity contribution in [3.05, 3.63) is 18.5 Å². The molecule has 0 aliphatic carbocycles. The summed E-state index contributed by atoms with van der Waals surface area (Å²) in [7, 11) is 0. The van der Waals surface area contributed by atoms with Crippen LogP contribution in [0.1, 0.15) is 0 Å². The first kappa shape index (κ1) is 4.85. The van der Waals surface area contributed by atoms with Gasteiger partial charge in [0.05, 0.1) is 0 Å². The third-order valence-electron chi connectivity index (χ3n) is 0.528. The molecule has 0 aromatic carbocycles. The summed E-state index contributed by atoms with van der Waals surface area (Å²) in [6.07, 6.45) is 3.41. The topological polar surface area (TPSA) is 25.8 Å². The zero-order chi connectivity index (χ0) is 5.11. The number of hydrogen-bond acceptors (Lipinski definition) is 2. The van der Waals surface area contributed by atoms with Gasteiger partial charge in [0, 0.05) is 0 Å². The fourth-order valence-corrected chi connectivity index (χ4v) is 0.536. The van der Waals surface area contributed by atoms with Gasteiger partial charge in [0.15, 0.2) is 0 Å². The van der Waals surface area contributed by atoms with Crippen molar-refractivity contribution in [2.24, 2.45) is 0 Å². The number of nitrogens with zero attached hydrogens (tertiary/aromatic N) is 2. The van der Waals surface area contributed by atoms with Crippen molar-refractivity contribution in [2.75, 3.05) is 0 Å². The molecule has 7 heavy (non-hydrogen) atoms. The van der Waals surface area contributed by atoms with Crippen LogP contribution in [-0.4, -0.2) is 9.97 Å². The molecular formula is C4H3N2Ru. The van der Waals surface area contributed by atoms with Gasteiger partial charge in [0.2, 0.25) is 0 Å². The quantitative estimate of drug-likeness (QED) is 0.510. The molecule has 1 aromatic heterocycles. The van der Waals surface area contributed by atoms with Crippen LogP contribution >= 0.6 is 0 Å². The van der Waals surface area contributed by atoms with E-state index in [0.717, 1.165) is 4.42 Å². The van der Waals surface area contributed by atoms with Crippen LogP contribution in [0.3, 0.4) is 0 Å². The van der Waals surface area contributed by atoms with Gasteiger partial charge in [-0.25, -0.2) is 0 Å². The summed E-state index contributed by atoms with van der Waals surface area (Å²) in [5, 5.41) is 0. The third-order valence-corrected chi connectivity index (χ3v) is 0.977. The Morgan fingerprint density at radius 2 is 1.86 bits per heavy atom. The summed E-state index contributed by atoms with van der Waals surface area (Å²) in [6, 6.07) is 1.79. The van der Waals surface area contributed by atoms with Crippen molar-refractivity contribution in [1.82, 2.24) is 9.97 Å². The Balaban J connectivity index is 3.02. The molecule has 0 saturated carbocycles. The predicted molar refractivity (Wildman–Crippen MR) is 21.7 cm³/mol. The molecule has 0 bridgehead atoms. The average Bonchev–Trinajstić information content (AvgIpc) is 1.69. The van der Waals surface area contributed by atoms with Gasteiger partial charge in [-0.15, -0.1) is 0 Å². The Labute approximate surface area is 51.7 Å². The molecule has 0 aliphatic rings. The molecule has 1 aromatic rings. The van der Waals surface area contributed by atoms with Crippen LogP contribution in [-0.2, 0) is 18.3 Å². The molecule has 3 heteroatoms. The van der Waals surface area contributed by atoms with Gasteiger partial charge in [-0.05, 0) is 0 Å². The maximum absolute atomic E-state index is 3.84. The van der Waals surface area contributed by atoms with Crippen molar-refractivity contribution >= 4 is 4.42 Å². The van der Waals surface area contributed by atoms with Crippen LogP contribution in [0.15, 0.2) is 18.5 Å². The molecule has 1 rings (SSSR count). The first-order valence-electron chi connectivity index (χ1n) is 1.81. The van der Waals surface area contributed by atoms with E-state index in [1.165, 1.54) is 0 Å². The summed E-state index contributed by atoms with van der Waals surface area (Å²) in [5.41, 5.74) is 0. The first-order valence-corrected chi connectivity index (χ1v) is 2.68. The molecule has 0 saturated heterocycles. The molecule has 0 radical (unpaired) electrons. The van der Waals surface area contributed by atoms with Gasteiger partial charge in [0.1, 0.15) is 0 Å². The van der Waals surface area contributed by atoms with Crippen LogP contribution in [0.25, 0.3) is 0 Å². The van der Waals surface area contributed by atoms with Crippen LogP contribution in [0.5, 0.6) is 0 Å². The van der Waals surface area contributed by atoms with E-state index in [9.17, 15) is 0 Å². The van der Waals surface area contributed by atoms with Crippen molar-refractivity contribution in [1.29, 1.82) is 0 Å². The van der Waals surface area contributed by atoms with E-state index in [0.29, 0.717) is 0 Å². The average molecular weight is 180 g/mol. The number of rotatable bonds is 0. The molecule has 0 spiro atoms. The van der Waals surface area contributed by atoms with Gasteiger partial charge in [0.25, 0.3) is 0 Å². The molecule has 1 heterocycles. The molecule has 0 N–H and O–H groups in total. The Morgan fingerprint density at radius 3 is 2.14 bits per heavy atom. The normalized spacial score (nSPS) is 8.71. The van der Waals surface area contributed by atoms with E-state index in [-0.39, 0.29) is 0 Å². The van der Waals surface area contributed by atoms with E-state index in [4.69, 9.17) is 0 Å². The van der Waals surface area contributed by atoms with Crippen LogP contribution in [0.4, 0.5) is 0 Å². The summed E-state index contributed by atoms with van der Waals surface area (Å²) >= 11 is 2.32. The van der Waals surface area contributed by atoms with Crippen molar-refractivity contribution in [3.8, 4) is 0 Å². The zero-order valence-electron chi connectivity index (χ0n) is 3.48. The van der Waals surface area contributed by atoms with Crippen LogP contribution in [0.2, 0.25) is 0 Å². The molecule has 0 atom stereocenters. The van der Waals surface area contributed by atoms with Gasteiger partial charge in [-0.3, -0.25) is 0 Å². The summed E-state index contributed by atoms with van der Waals surface area (Å²) < 4.78 is 0.752. The monoisotopic (exact) mass is 181 g/mol. The molecule has 0 unspecified atom stereocenters. The van der Waals surface area contributed by atoms with E-state index in [1.807, 2.05) is 0 Å². The van der Waals surface area contributed by atoms with Gasteiger partial charge in [-0.2, -0.15) is 0 Å². The molecule has 0 amide bonds. The molecule has 0 fully saturated rings. The Morgan fingerprint density at radius 1 is 1.29 bits per heavy atom. The Bertz CT molecular complexity index is 140. The fourth-order valence-electron chi connectivity index (χ4n) is 0.277. The summed E-state index contributed by atoms with van der Waals surface area (Å²) in [5.74, 6) is 0. The van der Waals surface area contributed by atoms with E-state index in [1.54, 1.807) is 18.5 Å². The summed E-state index contributed by atoms with van der Waals surface area (Å²) in [6.45, 7) is 0. The molecular weight excluding hydrogens is 177 g/mol. The minimum atomic E-state index is 0.752. The van der Waals surface area contributed by atoms with Gasteiger partial charge >= 0.3 is 51.1 Å². The SMILES string of the molecule is [Ru][c]1ncccn1. The second kappa shape index (κ2) is 2.13. The van der Waals surface area contributed by atoms with Crippen molar-refractivity contribution in [2.45, 2.75) is 0 Å². The first-order chi connectivity index (χ1) is 3.39. The minimum absolute atomic E-state index is 0.752. The molecule has 2 nitrogen and oxygen atoms in total. The van der Waals surface area contributed by atoms with E-state index in [2.05, 4.69) is 28.3 Å². The predicted octanol–water partition coefficient (Wildman–Crippen LogP) is -0.351. The van der Waals surface area contributed by atoms with Crippen molar-refractivity contribution < 1.29 is 18.3 Å². The van der Waals surface area contributed by atoms with Crippen LogP contribution in [0, 0.1) is 0 Å². The molecule has 0 aliphatic heterocycles. The number of hydrogen-bond donors (Lipinski definition) is 0. The maximum atomic E-state index is 3.84.